The molecule has 1 aromatic rings. The number of amides is 3. The van der Waals surface area contributed by atoms with E-state index in [1.54, 1.807) is 6.92 Å². The van der Waals surface area contributed by atoms with Crippen molar-refractivity contribution >= 4 is 52.4 Å². The molecule has 0 spiro atoms. The molecule has 1 rings (SSSR count). The number of halogens is 3. The van der Waals surface area contributed by atoms with Crippen molar-refractivity contribution in [3.63, 3.8) is 0 Å². The molecule has 19 heavy (non-hydrogen) atoms. The first kappa shape index (κ1) is 15.9. The van der Waals surface area contributed by atoms with Crippen LogP contribution in [0.1, 0.15) is 6.92 Å². The maximum atomic E-state index is 11.7. The minimum Gasteiger partial charge on any atom is -0.371 e. The second-order valence-electron chi connectivity index (χ2n) is 3.68. The van der Waals surface area contributed by atoms with E-state index < -0.39 is 18.0 Å². The lowest BCUT2D eigenvalue weighted by Gasteiger charge is -2.17. The average molecular weight is 325 g/mol. The number of imide groups is 1. The molecule has 0 saturated heterocycles. The molecule has 0 fully saturated rings. The smallest absolute Gasteiger partial charge is 0.321 e. The summed E-state index contributed by atoms with van der Waals surface area (Å²) < 4.78 is 0. The summed E-state index contributed by atoms with van der Waals surface area (Å²) in [6.07, 6.45) is 0. The van der Waals surface area contributed by atoms with Crippen LogP contribution in [-0.4, -0.2) is 25.0 Å². The van der Waals surface area contributed by atoms with Gasteiger partial charge in [0.2, 0.25) is 5.91 Å². The van der Waals surface area contributed by atoms with Crippen molar-refractivity contribution < 1.29 is 9.59 Å². The maximum absolute atomic E-state index is 11.7. The Morgan fingerprint density at radius 3 is 2.16 bits per heavy atom. The predicted molar refractivity (Wildman–Crippen MR) is 77.2 cm³/mol. The molecule has 1 unspecified atom stereocenters. The Morgan fingerprint density at radius 1 is 1.16 bits per heavy atom. The van der Waals surface area contributed by atoms with Crippen LogP contribution < -0.4 is 16.0 Å². The minimum atomic E-state index is -0.700. The van der Waals surface area contributed by atoms with Gasteiger partial charge >= 0.3 is 6.03 Å². The van der Waals surface area contributed by atoms with Crippen LogP contribution in [0, 0.1) is 0 Å². The second kappa shape index (κ2) is 6.84. The molecule has 3 amide bonds. The van der Waals surface area contributed by atoms with Crippen molar-refractivity contribution in [3.05, 3.63) is 27.2 Å². The van der Waals surface area contributed by atoms with E-state index in [-0.39, 0.29) is 10.0 Å². The van der Waals surface area contributed by atoms with Gasteiger partial charge in [-0.1, -0.05) is 34.8 Å². The van der Waals surface area contributed by atoms with Crippen molar-refractivity contribution in [3.8, 4) is 0 Å². The van der Waals surface area contributed by atoms with Crippen LogP contribution in [-0.2, 0) is 4.79 Å². The lowest BCUT2D eigenvalue weighted by atomic mass is 10.2. The molecule has 5 nitrogen and oxygen atoms in total. The maximum Gasteiger partial charge on any atom is 0.321 e. The Balaban J connectivity index is 2.80. The number of carbonyl (C=O) groups is 2. The second-order valence-corrected chi connectivity index (χ2v) is 4.93. The van der Waals surface area contributed by atoms with Crippen molar-refractivity contribution in [2.75, 3.05) is 12.4 Å². The van der Waals surface area contributed by atoms with Gasteiger partial charge in [0.25, 0.3) is 0 Å². The Kier molecular flexibility index (Phi) is 5.72. The molecule has 1 aromatic carbocycles. The Bertz CT molecular complexity index is 485. The summed E-state index contributed by atoms with van der Waals surface area (Å²) in [5.41, 5.74) is 0.382. The number of nitrogens with one attached hydrogen (secondary N) is 3. The largest absolute Gasteiger partial charge is 0.371 e. The zero-order valence-electron chi connectivity index (χ0n) is 10.2. The lowest BCUT2D eigenvalue weighted by molar-refractivity contribution is -0.120. The summed E-state index contributed by atoms with van der Waals surface area (Å²) in [6.45, 7) is 1.57. The van der Waals surface area contributed by atoms with Crippen molar-refractivity contribution in [1.29, 1.82) is 0 Å². The first-order valence-corrected chi connectivity index (χ1v) is 6.42. The highest BCUT2D eigenvalue weighted by Gasteiger charge is 2.17. The molecule has 8 heteroatoms. The van der Waals surface area contributed by atoms with E-state index >= 15 is 0 Å². The van der Waals surface area contributed by atoms with Gasteiger partial charge in [-0.05, 0) is 19.1 Å². The Hall–Kier alpha value is -1.17. The standard InChI is InChI=1S/C11H12Cl3N3O2/c1-5(10(18)17-11(19)15-2)16-9-7(13)3-6(12)4-8(9)14/h3-5,16H,1-2H3,(H2,15,17,18,19). The topological polar surface area (TPSA) is 70.2 Å². The lowest BCUT2D eigenvalue weighted by Crippen LogP contribution is -2.44. The van der Waals surface area contributed by atoms with E-state index in [1.165, 1.54) is 19.2 Å². The SMILES string of the molecule is CNC(=O)NC(=O)C(C)Nc1c(Cl)cc(Cl)cc1Cl. The summed E-state index contributed by atoms with van der Waals surface area (Å²) in [5, 5.41) is 8.20. The highest BCUT2D eigenvalue weighted by molar-refractivity contribution is 6.41. The summed E-state index contributed by atoms with van der Waals surface area (Å²) in [6, 6.07) is 1.71. The van der Waals surface area contributed by atoms with Crippen molar-refractivity contribution in [2.24, 2.45) is 0 Å². The molecule has 1 atom stereocenters. The summed E-state index contributed by atoms with van der Waals surface area (Å²) in [4.78, 5) is 22.7. The number of benzene rings is 1. The Morgan fingerprint density at radius 2 is 1.68 bits per heavy atom. The first-order chi connectivity index (χ1) is 8.85. The fraction of sp³-hybridized carbons (Fsp3) is 0.273. The van der Waals surface area contributed by atoms with E-state index in [0.717, 1.165) is 0 Å². The van der Waals surface area contributed by atoms with E-state index in [9.17, 15) is 9.59 Å². The van der Waals surface area contributed by atoms with E-state index in [1.807, 2.05) is 0 Å². The van der Waals surface area contributed by atoms with Gasteiger partial charge < -0.3 is 10.6 Å². The van der Waals surface area contributed by atoms with Gasteiger partial charge in [0.05, 0.1) is 15.7 Å². The highest BCUT2D eigenvalue weighted by atomic mass is 35.5. The summed E-state index contributed by atoms with van der Waals surface area (Å²) in [5.74, 6) is -0.513. The van der Waals surface area contributed by atoms with E-state index in [0.29, 0.717) is 10.7 Å². The quantitative estimate of drug-likeness (QED) is 0.800. The molecule has 3 N–H and O–H groups in total. The number of hydrogen-bond donors (Lipinski definition) is 3. The average Bonchev–Trinajstić information content (AvgIpc) is 2.32. The van der Waals surface area contributed by atoms with E-state index in [4.69, 9.17) is 34.8 Å². The molecule has 0 aliphatic rings. The predicted octanol–water partition coefficient (Wildman–Crippen LogP) is 2.90. The number of rotatable bonds is 3. The molecule has 0 heterocycles. The van der Waals surface area contributed by atoms with Gasteiger partial charge in [-0.15, -0.1) is 0 Å². The van der Waals surface area contributed by atoms with Crippen LogP contribution >= 0.6 is 34.8 Å². The van der Waals surface area contributed by atoms with Crippen molar-refractivity contribution in [2.45, 2.75) is 13.0 Å². The Labute approximate surface area is 125 Å². The van der Waals surface area contributed by atoms with Crippen LogP contribution in [0.3, 0.4) is 0 Å². The van der Waals surface area contributed by atoms with Gasteiger partial charge in [-0.25, -0.2) is 4.79 Å². The number of anilines is 1. The normalized spacial score (nSPS) is 11.6. The van der Waals surface area contributed by atoms with Crippen molar-refractivity contribution in [1.82, 2.24) is 10.6 Å². The number of hydrogen-bond acceptors (Lipinski definition) is 3. The third kappa shape index (κ3) is 4.45. The van der Waals surface area contributed by atoms with Crippen LogP contribution in [0.5, 0.6) is 0 Å². The minimum absolute atomic E-state index is 0.289. The fourth-order valence-electron chi connectivity index (χ4n) is 1.24. The zero-order valence-corrected chi connectivity index (χ0v) is 12.5. The third-order valence-corrected chi connectivity index (χ3v) is 3.04. The van der Waals surface area contributed by atoms with Gasteiger partial charge in [0.1, 0.15) is 6.04 Å². The molecule has 0 saturated carbocycles. The van der Waals surface area contributed by atoms with Gasteiger partial charge in [-0.3, -0.25) is 10.1 Å². The third-order valence-electron chi connectivity index (χ3n) is 2.22. The molecule has 0 bridgehead atoms. The van der Waals surface area contributed by atoms with Gasteiger partial charge in [-0.2, -0.15) is 0 Å². The monoisotopic (exact) mass is 323 g/mol. The van der Waals surface area contributed by atoms with E-state index in [2.05, 4.69) is 16.0 Å². The highest BCUT2D eigenvalue weighted by Crippen LogP contribution is 2.33. The van der Waals surface area contributed by atoms with Crippen LogP contribution in [0.2, 0.25) is 15.1 Å². The van der Waals surface area contributed by atoms with Crippen LogP contribution in [0.15, 0.2) is 12.1 Å². The number of urea groups is 1. The summed E-state index contributed by atoms with van der Waals surface area (Å²) >= 11 is 17.7. The number of carbonyl (C=O) groups excluding carboxylic acids is 2. The molecular formula is C11H12Cl3N3O2. The van der Waals surface area contributed by atoms with Crippen LogP contribution in [0.25, 0.3) is 0 Å². The van der Waals surface area contributed by atoms with Gasteiger partial charge in [0.15, 0.2) is 0 Å². The summed E-state index contributed by atoms with van der Waals surface area (Å²) in [7, 11) is 1.41. The molecule has 104 valence electrons. The van der Waals surface area contributed by atoms with Gasteiger partial charge in [0, 0.05) is 12.1 Å². The molecule has 0 radical (unpaired) electrons. The molecular weight excluding hydrogens is 312 g/mol. The fourth-order valence-corrected chi connectivity index (χ4v) is 2.17. The van der Waals surface area contributed by atoms with Crippen LogP contribution in [0.4, 0.5) is 10.5 Å². The zero-order chi connectivity index (χ0) is 14.6. The first-order valence-electron chi connectivity index (χ1n) is 5.28. The molecule has 0 aliphatic carbocycles. The molecule has 0 aromatic heterocycles. The molecule has 0 aliphatic heterocycles.